The Labute approximate surface area is 264 Å². The lowest BCUT2D eigenvalue weighted by atomic mass is 9.82. The topological polar surface area (TPSA) is 101 Å². The van der Waals surface area contributed by atoms with Crippen LogP contribution in [0.2, 0.25) is 0 Å². The zero-order valence-corrected chi connectivity index (χ0v) is 26.2. The molecule has 46 heavy (non-hydrogen) atoms. The first-order valence-corrected chi connectivity index (χ1v) is 15.7. The fraction of sp³-hybridized carbons (Fsp3) is 0.562. The summed E-state index contributed by atoms with van der Waals surface area (Å²) in [4.78, 5) is 15.5. The molecule has 4 heterocycles. The first kappa shape index (κ1) is 32.1. The van der Waals surface area contributed by atoms with Crippen molar-refractivity contribution in [3.8, 4) is 23.1 Å². The van der Waals surface area contributed by atoms with Crippen LogP contribution < -0.4 is 25.4 Å². The standard InChI is InChI=1S/C32H39F5N7O2/c1-17-23(32(35,36)37)19(14-20(38)24(17)33)26-25(34)27-22-28(44-13-11-39-15-21(44)18(2)46-29(22)40-26)42-30(41-27)45-16-31(8-5-6-9-31)10-7-12-43(3)4/h14,18,21,39H,3,5-13,15-16,38H2,1-2,4H3/q+1/t18-,21-/m0/s1. The summed E-state index contributed by atoms with van der Waals surface area (Å²) in [7, 11) is 1.92. The van der Waals surface area contributed by atoms with E-state index in [0.717, 1.165) is 58.1 Å². The molecule has 9 nitrogen and oxygen atoms in total. The van der Waals surface area contributed by atoms with Crippen molar-refractivity contribution in [2.75, 3.05) is 50.5 Å². The first-order valence-electron chi connectivity index (χ1n) is 15.7. The summed E-state index contributed by atoms with van der Waals surface area (Å²) in [6, 6.07) is 0.438. The Morgan fingerprint density at radius 3 is 2.63 bits per heavy atom. The van der Waals surface area contributed by atoms with Crippen molar-refractivity contribution in [3.63, 3.8) is 0 Å². The highest BCUT2D eigenvalue weighted by atomic mass is 19.4. The zero-order valence-electron chi connectivity index (χ0n) is 26.2. The predicted molar refractivity (Wildman–Crippen MR) is 165 cm³/mol. The molecule has 3 aromatic rings. The molecule has 3 aliphatic rings. The Bertz CT molecular complexity index is 1680. The number of nitrogens with zero attached hydrogens (tertiary/aromatic N) is 5. The lowest BCUT2D eigenvalue weighted by Crippen LogP contribution is -2.56. The SMILES string of the molecule is C=[N+](C)CCCC1(COc2nc3c4c(nc(-c5cc(N)c(F)c(C)c5C(F)(F)F)c(F)c4n2)O[C@@H](C)[C@@H]2CNCCN32)CCCC1. The average molecular weight is 649 g/mol. The van der Waals surface area contributed by atoms with Crippen molar-refractivity contribution in [1.29, 1.82) is 0 Å². The highest BCUT2D eigenvalue weighted by Crippen LogP contribution is 2.47. The molecule has 2 fully saturated rings. The van der Waals surface area contributed by atoms with Crippen molar-refractivity contribution in [3.05, 3.63) is 28.8 Å². The molecule has 0 spiro atoms. The number of hydrogen-bond donors (Lipinski definition) is 2. The van der Waals surface area contributed by atoms with Crippen molar-refractivity contribution in [2.24, 2.45) is 5.41 Å². The summed E-state index contributed by atoms with van der Waals surface area (Å²) in [5.41, 5.74) is 1.27. The van der Waals surface area contributed by atoms with E-state index in [1.165, 1.54) is 0 Å². The van der Waals surface area contributed by atoms with Gasteiger partial charge in [0, 0.05) is 37.0 Å². The number of piperazine rings is 1. The van der Waals surface area contributed by atoms with Gasteiger partial charge in [0.05, 0.1) is 23.9 Å². The molecular formula is C32H39F5N7O2+. The number of anilines is 2. The summed E-state index contributed by atoms with van der Waals surface area (Å²) in [5.74, 6) is -2.14. The second-order valence-corrected chi connectivity index (χ2v) is 12.9. The number of fused-ring (bicyclic) bond motifs is 2. The van der Waals surface area contributed by atoms with E-state index >= 15 is 4.39 Å². The number of rotatable bonds is 8. The second-order valence-electron chi connectivity index (χ2n) is 12.9. The fourth-order valence-corrected chi connectivity index (χ4v) is 7.21. The third-order valence-corrected chi connectivity index (χ3v) is 9.59. The molecule has 248 valence electrons. The number of ether oxygens (including phenoxy) is 2. The van der Waals surface area contributed by atoms with Crippen molar-refractivity contribution in [2.45, 2.75) is 70.7 Å². The Morgan fingerprint density at radius 1 is 1.20 bits per heavy atom. The summed E-state index contributed by atoms with van der Waals surface area (Å²) < 4.78 is 88.8. The van der Waals surface area contributed by atoms with E-state index < -0.39 is 52.0 Å². The van der Waals surface area contributed by atoms with Gasteiger partial charge >= 0.3 is 12.2 Å². The highest BCUT2D eigenvalue weighted by molar-refractivity contribution is 5.97. The number of benzene rings is 1. The van der Waals surface area contributed by atoms with E-state index in [4.69, 9.17) is 20.2 Å². The maximum atomic E-state index is 16.7. The molecule has 3 N–H and O–H groups in total. The quantitative estimate of drug-likeness (QED) is 0.143. The number of alkyl halides is 3. The minimum absolute atomic E-state index is 0.0808. The number of hydrogen-bond acceptors (Lipinski definition) is 8. The second kappa shape index (κ2) is 12.1. The van der Waals surface area contributed by atoms with Crippen molar-refractivity contribution >= 4 is 29.1 Å². The van der Waals surface area contributed by atoms with Gasteiger partial charge in [-0.3, -0.25) is 0 Å². The van der Waals surface area contributed by atoms with Crippen LogP contribution in [0.5, 0.6) is 11.9 Å². The molecule has 0 amide bonds. The van der Waals surface area contributed by atoms with E-state index in [9.17, 15) is 17.6 Å². The largest absolute Gasteiger partial charge is 0.472 e. The van der Waals surface area contributed by atoms with Crippen LogP contribution in [0.1, 0.15) is 56.6 Å². The van der Waals surface area contributed by atoms with E-state index in [2.05, 4.69) is 22.0 Å². The monoisotopic (exact) mass is 648 g/mol. The van der Waals surface area contributed by atoms with Gasteiger partial charge < -0.3 is 25.4 Å². The van der Waals surface area contributed by atoms with Gasteiger partial charge in [-0.15, -0.1) is 0 Å². The van der Waals surface area contributed by atoms with E-state index in [1.807, 2.05) is 23.4 Å². The van der Waals surface area contributed by atoms with E-state index in [0.29, 0.717) is 32.1 Å². The molecular weight excluding hydrogens is 609 g/mol. The minimum atomic E-state index is -5.03. The molecule has 1 saturated carbocycles. The number of nitrogen functional groups attached to an aromatic ring is 1. The van der Waals surface area contributed by atoms with Gasteiger partial charge in [-0.05, 0) is 44.7 Å². The van der Waals surface area contributed by atoms with Gasteiger partial charge in [0.2, 0.25) is 5.88 Å². The summed E-state index contributed by atoms with van der Waals surface area (Å²) >= 11 is 0. The summed E-state index contributed by atoms with van der Waals surface area (Å²) in [5, 5.41) is 3.47. The number of pyridine rings is 1. The van der Waals surface area contributed by atoms with Crippen LogP contribution >= 0.6 is 0 Å². The lowest BCUT2D eigenvalue weighted by molar-refractivity contribution is -0.489. The molecule has 2 atom stereocenters. The fourth-order valence-electron chi connectivity index (χ4n) is 7.21. The molecule has 6 rings (SSSR count). The number of nitrogens with two attached hydrogens (primary N) is 1. The Kier molecular flexibility index (Phi) is 8.45. The van der Waals surface area contributed by atoms with Gasteiger partial charge in [0.15, 0.2) is 5.82 Å². The third-order valence-electron chi connectivity index (χ3n) is 9.59. The molecule has 0 bridgehead atoms. The van der Waals surface area contributed by atoms with Gasteiger partial charge in [-0.25, -0.2) is 18.3 Å². The minimum Gasteiger partial charge on any atom is -0.472 e. The number of halogens is 5. The van der Waals surface area contributed by atoms with Gasteiger partial charge in [0.1, 0.15) is 54.6 Å². The van der Waals surface area contributed by atoms with Crippen LogP contribution in [0.25, 0.3) is 22.2 Å². The van der Waals surface area contributed by atoms with E-state index in [-0.39, 0.29) is 34.3 Å². The Hall–Kier alpha value is -3.81. The molecule has 14 heteroatoms. The Morgan fingerprint density at radius 2 is 1.93 bits per heavy atom. The first-order chi connectivity index (χ1) is 21.8. The van der Waals surface area contributed by atoms with Crippen LogP contribution in [0.15, 0.2) is 6.07 Å². The summed E-state index contributed by atoms with van der Waals surface area (Å²) in [6.45, 7) is 9.51. The van der Waals surface area contributed by atoms with E-state index in [1.54, 1.807) is 0 Å². The van der Waals surface area contributed by atoms with Crippen molar-refractivity contribution in [1.82, 2.24) is 20.3 Å². The van der Waals surface area contributed by atoms with Crippen LogP contribution in [-0.2, 0) is 6.18 Å². The number of nitrogens with one attached hydrogen (secondary N) is 1. The molecule has 2 aromatic heterocycles. The van der Waals surface area contributed by atoms with Gasteiger partial charge in [-0.2, -0.15) is 23.1 Å². The molecule has 2 aliphatic heterocycles. The molecule has 0 radical (unpaired) electrons. The normalized spacial score (nSPS) is 20.7. The molecule has 0 unspecified atom stereocenters. The van der Waals surface area contributed by atoms with Crippen LogP contribution in [0, 0.1) is 24.0 Å². The van der Waals surface area contributed by atoms with Crippen molar-refractivity contribution < 1.29 is 36.0 Å². The third kappa shape index (κ3) is 5.80. The van der Waals surface area contributed by atoms with Gasteiger partial charge in [-0.1, -0.05) is 12.8 Å². The zero-order chi connectivity index (χ0) is 33.0. The number of aromatic nitrogens is 3. The maximum absolute atomic E-state index is 16.7. The molecule has 1 aromatic carbocycles. The van der Waals surface area contributed by atoms with Crippen LogP contribution in [0.3, 0.4) is 0 Å². The molecule has 1 saturated heterocycles. The lowest BCUT2D eigenvalue weighted by Gasteiger charge is -2.38. The van der Waals surface area contributed by atoms with Crippen LogP contribution in [0.4, 0.5) is 33.5 Å². The highest BCUT2D eigenvalue weighted by Gasteiger charge is 2.42. The van der Waals surface area contributed by atoms with Gasteiger partial charge in [0.25, 0.3) is 0 Å². The Balaban J connectivity index is 1.52. The summed E-state index contributed by atoms with van der Waals surface area (Å²) in [6.07, 6.45) is 0.385. The predicted octanol–water partition coefficient (Wildman–Crippen LogP) is 5.50. The van der Waals surface area contributed by atoms with Crippen LogP contribution in [-0.4, -0.2) is 78.2 Å². The average Bonchev–Trinajstić information content (AvgIpc) is 3.43. The smallest absolute Gasteiger partial charge is 0.417 e. The molecule has 1 aliphatic carbocycles. The maximum Gasteiger partial charge on any atom is 0.417 e.